The molecule has 0 radical (unpaired) electrons. The van der Waals surface area contributed by atoms with Crippen LogP contribution in [0.3, 0.4) is 0 Å². The fourth-order valence-electron chi connectivity index (χ4n) is 1.38. The molecule has 1 atom stereocenters. The highest BCUT2D eigenvalue weighted by Gasteiger charge is 2.18. The number of hydrogen-bond acceptors (Lipinski definition) is 5. The van der Waals surface area contributed by atoms with Crippen molar-refractivity contribution in [2.45, 2.75) is 6.10 Å². The van der Waals surface area contributed by atoms with Gasteiger partial charge in [0.15, 0.2) is 0 Å². The maximum Gasteiger partial charge on any atom is 0.222 e. The van der Waals surface area contributed by atoms with Crippen molar-refractivity contribution in [3.63, 3.8) is 0 Å². The van der Waals surface area contributed by atoms with Crippen LogP contribution in [0.4, 0.5) is 0 Å². The summed E-state index contributed by atoms with van der Waals surface area (Å²) in [6, 6.07) is 1.69. The largest absolute Gasteiger partial charge is 0.496 e. The lowest BCUT2D eigenvalue weighted by Crippen LogP contribution is -2.18. The first-order valence-corrected chi connectivity index (χ1v) is 4.64. The van der Waals surface area contributed by atoms with Crippen LogP contribution >= 0.6 is 0 Å². The molecular weight excluding hydrogens is 196 g/mol. The summed E-state index contributed by atoms with van der Waals surface area (Å²) in [5, 5.41) is 12.8. The Balaban J connectivity index is 3.09. The Hall–Kier alpha value is -1.33. The Morgan fingerprint density at radius 2 is 2.20 bits per heavy atom. The van der Waals surface area contributed by atoms with Crippen molar-refractivity contribution >= 4 is 0 Å². The molecule has 0 saturated heterocycles. The van der Waals surface area contributed by atoms with Gasteiger partial charge in [-0.2, -0.15) is 0 Å². The number of pyridine rings is 1. The van der Waals surface area contributed by atoms with Gasteiger partial charge in [-0.25, -0.2) is 4.98 Å². The first kappa shape index (κ1) is 11.7. The number of methoxy groups -OCH3 is 2. The molecule has 1 aromatic heterocycles. The number of aliphatic hydroxyl groups excluding tert-OH is 1. The SMILES string of the molecule is CNCC(O)c1c(OC)ccnc1OC. The van der Waals surface area contributed by atoms with E-state index in [2.05, 4.69) is 10.3 Å². The molecule has 1 aromatic rings. The molecule has 0 amide bonds. The summed E-state index contributed by atoms with van der Waals surface area (Å²) in [5.74, 6) is 0.960. The van der Waals surface area contributed by atoms with Gasteiger partial charge in [0, 0.05) is 12.7 Å². The van der Waals surface area contributed by atoms with Crippen LogP contribution in [-0.4, -0.2) is 37.9 Å². The van der Waals surface area contributed by atoms with E-state index in [1.165, 1.54) is 7.11 Å². The summed E-state index contributed by atoms with van der Waals surface area (Å²) in [6.45, 7) is 0.415. The zero-order chi connectivity index (χ0) is 11.3. The summed E-state index contributed by atoms with van der Waals surface area (Å²) in [7, 11) is 4.82. The summed E-state index contributed by atoms with van der Waals surface area (Å²) in [4.78, 5) is 4.02. The molecule has 0 aliphatic carbocycles. The van der Waals surface area contributed by atoms with E-state index < -0.39 is 6.10 Å². The van der Waals surface area contributed by atoms with Gasteiger partial charge in [-0.15, -0.1) is 0 Å². The Morgan fingerprint density at radius 1 is 1.47 bits per heavy atom. The molecule has 0 bridgehead atoms. The third-order valence-electron chi connectivity index (χ3n) is 2.06. The standard InChI is InChI=1S/C10H16N2O3/c1-11-6-7(13)9-8(14-2)4-5-12-10(9)15-3/h4-5,7,11,13H,6H2,1-3H3. The molecule has 0 aliphatic rings. The zero-order valence-corrected chi connectivity index (χ0v) is 9.15. The van der Waals surface area contributed by atoms with Gasteiger partial charge in [0.05, 0.1) is 19.8 Å². The lowest BCUT2D eigenvalue weighted by Gasteiger charge is -2.16. The van der Waals surface area contributed by atoms with Crippen LogP contribution in [0.25, 0.3) is 0 Å². The molecule has 1 heterocycles. The fraction of sp³-hybridized carbons (Fsp3) is 0.500. The number of hydrogen-bond donors (Lipinski definition) is 2. The molecule has 5 heteroatoms. The number of rotatable bonds is 5. The van der Waals surface area contributed by atoms with Crippen LogP contribution in [-0.2, 0) is 0 Å². The summed E-state index contributed by atoms with van der Waals surface area (Å²) < 4.78 is 10.2. The predicted octanol–water partition coefficient (Wildman–Crippen LogP) is 0.352. The van der Waals surface area contributed by atoms with E-state index in [9.17, 15) is 5.11 Å². The van der Waals surface area contributed by atoms with Gasteiger partial charge in [0.25, 0.3) is 0 Å². The van der Waals surface area contributed by atoms with Crippen LogP contribution in [0.5, 0.6) is 11.6 Å². The van der Waals surface area contributed by atoms with Crippen LogP contribution < -0.4 is 14.8 Å². The minimum absolute atomic E-state index is 0.386. The van der Waals surface area contributed by atoms with Crippen molar-refractivity contribution < 1.29 is 14.6 Å². The van der Waals surface area contributed by atoms with Crippen molar-refractivity contribution in [3.8, 4) is 11.6 Å². The van der Waals surface area contributed by atoms with Crippen LogP contribution in [0.15, 0.2) is 12.3 Å². The van der Waals surface area contributed by atoms with Crippen molar-refractivity contribution in [3.05, 3.63) is 17.8 Å². The summed E-state index contributed by atoms with van der Waals surface area (Å²) in [5.41, 5.74) is 0.567. The Bertz CT molecular complexity index is 295. The van der Waals surface area contributed by atoms with Gasteiger partial charge < -0.3 is 19.9 Å². The minimum atomic E-state index is -0.700. The van der Waals surface area contributed by atoms with Gasteiger partial charge in [0.2, 0.25) is 5.88 Å². The molecule has 5 nitrogen and oxygen atoms in total. The summed E-state index contributed by atoms with van der Waals surface area (Å²) >= 11 is 0. The van der Waals surface area contributed by atoms with Crippen molar-refractivity contribution in [2.24, 2.45) is 0 Å². The number of nitrogens with one attached hydrogen (secondary N) is 1. The molecule has 0 spiro atoms. The van der Waals surface area contributed by atoms with Gasteiger partial charge in [-0.3, -0.25) is 0 Å². The van der Waals surface area contributed by atoms with E-state index in [-0.39, 0.29) is 0 Å². The highest BCUT2D eigenvalue weighted by molar-refractivity contribution is 5.41. The Labute approximate surface area is 89.0 Å². The second kappa shape index (κ2) is 5.53. The molecule has 0 aromatic carbocycles. The van der Waals surface area contributed by atoms with E-state index in [1.807, 2.05) is 0 Å². The highest BCUT2D eigenvalue weighted by Crippen LogP contribution is 2.31. The molecule has 84 valence electrons. The van der Waals surface area contributed by atoms with E-state index in [0.717, 1.165) is 0 Å². The second-order valence-electron chi connectivity index (χ2n) is 3.01. The van der Waals surface area contributed by atoms with Gasteiger partial charge in [-0.1, -0.05) is 0 Å². The monoisotopic (exact) mass is 212 g/mol. The highest BCUT2D eigenvalue weighted by atomic mass is 16.5. The normalized spacial score (nSPS) is 12.3. The van der Waals surface area contributed by atoms with E-state index in [0.29, 0.717) is 23.7 Å². The summed E-state index contributed by atoms with van der Waals surface area (Å²) in [6.07, 6.45) is 0.876. The molecule has 0 saturated carbocycles. The maximum atomic E-state index is 9.88. The minimum Gasteiger partial charge on any atom is -0.496 e. The first-order chi connectivity index (χ1) is 7.24. The number of nitrogens with zero attached hydrogens (tertiary/aromatic N) is 1. The third kappa shape index (κ3) is 2.57. The lowest BCUT2D eigenvalue weighted by atomic mass is 10.1. The fourth-order valence-corrected chi connectivity index (χ4v) is 1.38. The van der Waals surface area contributed by atoms with Gasteiger partial charge in [-0.05, 0) is 13.1 Å². The smallest absolute Gasteiger partial charge is 0.222 e. The zero-order valence-electron chi connectivity index (χ0n) is 9.15. The predicted molar refractivity (Wildman–Crippen MR) is 56.2 cm³/mol. The topological polar surface area (TPSA) is 63.6 Å². The number of aromatic nitrogens is 1. The second-order valence-corrected chi connectivity index (χ2v) is 3.01. The third-order valence-corrected chi connectivity index (χ3v) is 2.06. The molecule has 0 aliphatic heterocycles. The van der Waals surface area contributed by atoms with E-state index in [4.69, 9.17) is 9.47 Å². The average Bonchev–Trinajstić information content (AvgIpc) is 2.28. The van der Waals surface area contributed by atoms with Crippen molar-refractivity contribution in [1.82, 2.24) is 10.3 Å². The molecule has 2 N–H and O–H groups in total. The average molecular weight is 212 g/mol. The molecule has 15 heavy (non-hydrogen) atoms. The van der Waals surface area contributed by atoms with Crippen LogP contribution in [0.1, 0.15) is 11.7 Å². The number of aliphatic hydroxyl groups is 1. The molecular formula is C10H16N2O3. The maximum absolute atomic E-state index is 9.88. The Morgan fingerprint density at radius 3 is 2.73 bits per heavy atom. The van der Waals surface area contributed by atoms with Gasteiger partial charge in [0.1, 0.15) is 11.9 Å². The lowest BCUT2D eigenvalue weighted by molar-refractivity contribution is 0.167. The quantitative estimate of drug-likeness (QED) is 0.737. The van der Waals surface area contributed by atoms with Crippen molar-refractivity contribution in [2.75, 3.05) is 27.8 Å². The number of likely N-dealkylation sites (N-methyl/N-ethyl adjacent to an activating group) is 1. The van der Waals surface area contributed by atoms with Crippen LogP contribution in [0, 0.1) is 0 Å². The number of ether oxygens (including phenoxy) is 2. The molecule has 1 rings (SSSR count). The first-order valence-electron chi connectivity index (χ1n) is 4.64. The van der Waals surface area contributed by atoms with Crippen molar-refractivity contribution in [1.29, 1.82) is 0 Å². The Kier molecular flexibility index (Phi) is 4.33. The molecule has 1 unspecified atom stereocenters. The van der Waals surface area contributed by atoms with E-state index in [1.54, 1.807) is 26.4 Å². The van der Waals surface area contributed by atoms with E-state index >= 15 is 0 Å². The van der Waals surface area contributed by atoms with Crippen LogP contribution in [0.2, 0.25) is 0 Å². The van der Waals surface area contributed by atoms with Gasteiger partial charge >= 0.3 is 0 Å². The molecule has 0 fully saturated rings.